The first-order valence-corrected chi connectivity index (χ1v) is 7.98. The van der Waals surface area contributed by atoms with Crippen molar-refractivity contribution in [2.75, 3.05) is 16.8 Å². The molecule has 0 bridgehead atoms. The minimum atomic E-state index is -1.64. The summed E-state index contributed by atoms with van der Waals surface area (Å²) in [5.41, 5.74) is 1.04. The number of halogens is 3. The molecule has 134 valence electrons. The first-order valence-electron chi connectivity index (χ1n) is 7.98. The first-order chi connectivity index (χ1) is 12.5. The summed E-state index contributed by atoms with van der Waals surface area (Å²) in [6.07, 6.45) is 4.02. The molecular weight excluding hydrogens is 345 g/mol. The van der Waals surface area contributed by atoms with Crippen molar-refractivity contribution >= 4 is 29.3 Å². The third-order valence-corrected chi connectivity index (χ3v) is 4.00. The average molecular weight is 360 g/mol. The van der Waals surface area contributed by atoms with Crippen molar-refractivity contribution in [1.82, 2.24) is 0 Å². The van der Waals surface area contributed by atoms with Crippen LogP contribution in [-0.4, -0.2) is 18.4 Å². The lowest BCUT2D eigenvalue weighted by Gasteiger charge is -2.15. The van der Waals surface area contributed by atoms with Gasteiger partial charge in [-0.25, -0.2) is 13.2 Å². The highest BCUT2D eigenvalue weighted by atomic mass is 19.2. The van der Waals surface area contributed by atoms with Gasteiger partial charge in [0.05, 0.1) is 5.69 Å². The fraction of sp³-hybridized carbons (Fsp3) is 0.158. The molecule has 0 aromatic heterocycles. The van der Waals surface area contributed by atoms with Crippen LogP contribution < -0.4 is 10.2 Å². The Morgan fingerprint density at radius 2 is 1.77 bits per heavy atom. The second-order valence-corrected chi connectivity index (χ2v) is 5.79. The number of rotatable bonds is 4. The van der Waals surface area contributed by atoms with E-state index in [4.69, 9.17) is 0 Å². The molecule has 1 N–H and O–H groups in total. The fourth-order valence-electron chi connectivity index (χ4n) is 2.66. The van der Waals surface area contributed by atoms with Crippen LogP contribution in [0.25, 0.3) is 6.08 Å². The summed E-state index contributed by atoms with van der Waals surface area (Å²) in [5, 5.41) is 2.15. The lowest BCUT2D eigenvalue weighted by atomic mass is 10.2. The van der Waals surface area contributed by atoms with Crippen molar-refractivity contribution in [1.29, 1.82) is 0 Å². The van der Waals surface area contributed by atoms with Gasteiger partial charge in [0.25, 0.3) is 0 Å². The predicted octanol–water partition coefficient (Wildman–Crippen LogP) is 3.88. The Labute approximate surface area is 147 Å². The molecule has 1 aliphatic heterocycles. The van der Waals surface area contributed by atoms with Crippen LogP contribution in [0.3, 0.4) is 0 Å². The van der Waals surface area contributed by atoms with Crippen LogP contribution in [0.15, 0.2) is 42.5 Å². The molecule has 1 fully saturated rings. The molecule has 2 aromatic rings. The second-order valence-electron chi connectivity index (χ2n) is 5.79. The van der Waals surface area contributed by atoms with Gasteiger partial charge in [0.1, 0.15) is 0 Å². The van der Waals surface area contributed by atoms with Crippen LogP contribution in [0.5, 0.6) is 0 Å². The molecule has 3 rings (SSSR count). The number of nitrogens with zero attached hydrogens (tertiary/aromatic N) is 1. The predicted molar refractivity (Wildman–Crippen MR) is 92.0 cm³/mol. The molecule has 4 nitrogen and oxygen atoms in total. The molecule has 1 aliphatic rings. The zero-order valence-corrected chi connectivity index (χ0v) is 13.6. The maximum atomic E-state index is 13.5. The molecule has 0 aliphatic carbocycles. The van der Waals surface area contributed by atoms with Gasteiger partial charge in [-0.3, -0.25) is 9.59 Å². The monoisotopic (exact) mass is 360 g/mol. The van der Waals surface area contributed by atoms with E-state index >= 15 is 0 Å². The molecule has 2 amide bonds. The van der Waals surface area contributed by atoms with E-state index in [9.17, 15) is 22.8 Å². The van der Waals surface area contributed by atoms with Crippen molar-refractivity contribution in [3.63, 3.8) is 0 Å². The van der Waals surface area contributed by atoms with Crippen LogP contribution in [0.1, 0.15) is 18.4 Å². The van der Waals surface area contributed by atoms with Gasteiger partial charge < -0.3 is 10.2 Å². The van der Waals surface area contributed by atoms with E-state index in [0.29, 0.717) is 18.5 Å². The van der Waals surface area contributed by atoms with E-state index in [1.807, 2.05) is 0 Å². The molecule has 2 aromatic carbocycles. The molecule has 0 radical (unpaired) electrons. The van der Waals surface area contributed by atoms with E-state index in [0.717, 1.165) is 30.3 Å². The van der Waals surface area contributed by atoms with E-state index < -0.39 is 29.0 Å². The number of anilines is 2. The lowest BCUT2D eigenvalue weighted by molar-refractivity contribution is -0.117. The Balaban J connectivity index is 1.65. The molecule has 0 unspecified atom stereocenters. The van der Waals surface area contributed by atoms with Gasteiger partial charge in [-0.05, 0) is 42.3 Å². The van der Waals surface area contributed by atoms with Crippen LogP contribution in [0.2, 0.25) is 0 Å². The maximum absolute atomic E-state index is 13.5. The molecule has 26 heavy (non-hydrogen) atoms. The first kappa shape index (κ1) is 17.7. The molecule has 1 saturated heterocycles. The minimum Gasteiger partial charge on any atom is -0.320 e. The van der Waals surface area contributed by atoms with Crippen LogP contribution in [0.4, 0.5) is 24.5 Å². The van der Waals surface area contributed by atoms with Crippen LogP contribution >= 0.6 is 0 Å². The van der Waals surface area contributed by atoms with Gasteiger partial charge in [-0.2, -0.15) is 0 Å². The molecule has 0 saturated carbocycles. The number of amides is 2. The molecule has 1 heterocycles. The quantitative estimate of drug-likeness (QED) is 0.664. The topological polar surface area (TPSA) is 49.4 Å². The van der Waals surface area contributed by atoms with Crippen molar-refractivity contribution in [2.45, 2.75) is 12.8 Å². The second kappa shape index (κ2) is 7.43. The summed E-state index contributed by atoms with van der Waals surface area (Å²) in [6, 6.07) is 8.70. The van der Waals surface area contributed by atoms with E-state index in [-0.39, 0.29) is 5.91 Å². The summed E-state index contributed by atoms with van der Waals surface area (Å²) >= 11 is 0. The Bertz CT molecular complexity index is 879. The Hall–Kier alpha value is -3.09. The van der Waals surface area contributed by atoms with Crippen molar-refractivity contribution in [3.8, 4) is 0 Å². The number of benzene rings is 2. The van der Waals surface area contributed by atoms with E-state index in [1.54, 1.807) is 29.2 Å². The van der Waals surface area contributed by atoms with Crippen molar-refractivity contribution in [2.24, 2.45) is 0 Å². The summed E-state index contributed by atoms with van der Waals surface area (Å²) in [6.45, 7) is 0.691. The third kappa shape index (κ3) is 3.77. The molecular formula is C19H15F3N2O2. The number of hydrogen-bond donors (Lipinski definition) is 1. The Morgan fingerprint density at radius 1 is 1.04 bits per heavy atom. The highest BCUT2D eigenvalue weighted by Gasteiger charge is 2.21. The number of carbonyl (C=O) groups excluding carboxylic acids is 2. The molecule has 0 spiro atoms. The van der Waals surface area contributed by atoms with Gasteiger partial charge in [0.15, 0.2) is 17.5 Å². The fourth-order valence-corrected chi connectivity index (χ4v) is 2.66. The summed E-state index contributed by atoms with van der Waals surface area (Å²) in [5.74, 6) is -5.02. The van der Waals surface area contributed by atoms with Crippen molar-refractivity contribution in [3.05, 3.63) is 65.5 Å². The number of hydrogen-bond acceptors (Lipinski definition) is 2. The van der Waals surface area contributed by atoms with E-state index in [1.165, 1.54) is 6.08 Å². The maximum Gasteiger partial charge on any atom is 0.248 e. The smallest absolute Gasteiger partial charge is 0.248 e. The number of carbonyl (C=O) groups is 2. The van der Waals surface area contributed by atoms with Gasteiger partial charge in [-0.1, -0.05) is 12.1 Å². The normalized spacial score (nSPS) is 14.3. The van der Waals surface area contributed by atoms with Crippen LogP contribution in [0, 0.1) is 17.5 Å². The average Bonchev–Trinajstić information content (AvgIpc) is 3.07. The largest absolute Gasteiger partial charge is 0.320 e. The number of nitrogens with one attached hydrogen (secondary N) is 1. The molecule has 0 atom stereocenters. The zero-order valence-electron chi connectivity index (χ0n) is 13.6. The van der Waals surface area contributed by atoms with Crippen molar-refractivity contribution < 1.29 is 22.8 Å². The van der Waals surface area contributed by atoms with E-state index in [2.05, 4.69) is 5.32 Å². The van der Waals surface area contributed by atoms with Gasteiger partial charge in [0.2, 0.25) is 11.8 Å². The van der Waals surface area contributed by atoms with Gasteiger partial charge >= 0.3 is 0 Å². The standard InChI is InChI=1S/C19H15F3N2O2/c20-14-8-9-15(19(22)18(14)21)23-16(25)10-5-12-3-6-13(7-4-12)24-11-1-2-17(24)26/h3-10H,1-2,11H2,(H,23,25)/b10-5+. The SMILES string of the molecule is O=C(/C=C/c1ccc(N2CCCC2=O)cc1)Nc1ccc(F)c(F)c1F. The minimum absolute atomic E-state index is 0.0845. The zero-order chi connectivity index (χ0) is 18.7. The van der Waals surface area contributed by atoms with Crippen LogP contribution in [-0.2, 0) is 9.59 Å². The highest BCUT2D eigenvalue weighted by molar-refractivity contribution is 6.02. The highest BCUT2D eigenvalue weighted by Crippen LogP contribution is 2.22. The lowest BCUT2D eigenvalue weighted by Crippen LogP contribution is -2.23. The third-order valence-electron chi connectivity index (χ3n) is 4.00. The Kier molecular flexibility index (Phi) is 5.06. The summed E-state index contributed by atoms with van der Waals surface area (Å²) in [7, 11) is 0. The van der Waals surface area contributed by atoms with Gasteiger partial charge in [-0.15, -0.1) is 0 Å². The summed E-state index contributed by atoms with van der Waals surface area (Å²) < 4.78 is 39.5. The Morgan fingerprint density at radius 3 is 2.42 bits per heavy atom. The van der Waals surface area contributed by atoms with Gasteiger partial charge in [0, 0.05) is 24.7 Å². The molecule has 7 heteroatoms. The summed E-state index contributed by atoms with van der Waals surface area (Å²) in [4.78, 5) is 25.2.